The van der Waals surface area contributed by atoms with Crippen LogP contribution in [-0.4, -0.2) is 33.0 Å². The number of aromatic nitrogens is 3. The Morgan fingerprint density at radius 3 is 2.80 bits per heavy atom. The highest BCUT2D eigenvalue weighted by Gasteiger charge is 2.43. The van der Waals surface area contributed by atoms with Crippen molar-refractivity contribution < 1.29 is 4.79 Å². The van der Waals surface area contributed by atoms with Crippen LogP contribution in [0.1, 0.15) is 36.7 Å². The van der Waals surface area contributed by atoms with Gasteiger partial charge >= 0.3 is 0 Å². The van der Waals surface area contributed by atoms with Crippen LogP contribution in [0.15, 0.2) is 36.9 Å². The van der Waals surface area contributed by atoms with Crippen LogP contribution in [0, 0.1) is 12.3 Å². The first-order valence-corrected chi connectivity index (χ1v) is 8.82. The van der Waals surface area contributed by atoms with E-state index < -0.39 is 0 Å². The minimum Gasteiger partial charge on any atom is -0.354 e. The fourth-order valence-electron chi connectivity index (χ4n) is 3.44. The quantitative estimate of drug-likeness (QED) is 0.733. The molecule has 0 radical (unpaired) electrons. The molecule has 2 atom stereocenters. The summed E-state index contributed by atoms with van der Waals surface area (Å²) < 4.78 is 2.17. The zero-order valence-electron chi connectivity index (χ0n) is 14.4. The van der Waals surface area contributed by atoms with Gasteiger partial charge in [-0.25, -0.2) is 15.8 Å². The Morgan fingerprint density at radius 1 is 1.32 bits per heavy atom. The molecular weight excluding hydrogens is 316 g/mol. The third-order valence-electron chi connectivity index (χ3n) is 5.35. The lowest BCUT2D eigenvalue weighted by Gasteiger charge is -2.19. The molecule has 2 fully saturated rings. The molecular formula is C18H24N6O. The molecule has 1 aliphatic heterocycles. The standard InChI is InChI=1S/C18H24N6O/c1-13-20-8-9-24(13)12-18(4-5-18)11-21-17(25)16-10-15(22-23-16)14-2-6-19-7-3-14/h2-3,6-9,15-16,22-23H,4-5,10-12H2,1H3,(H,21,25). The van der Waals surface area contributed by atoms with Crippen molar-refractivity contribution in [1.29, 1.82) is 0 Å². The van der Waals surface area contributed by atoms with Crippen molar-refractivity contribution in [2.45, 2.75) is 44.8 Å². The number of amides is 1. The number of hydrogen-bond donors (Lipinski definition) is 3. The van der Waals surface area contributed by atoms with Crippen molar-refractivity contribution in [3.8, 4) is 0 Å². The SMILES string of the molecule is Cc1nccn1CC1(CNC(=O)C2CC(c3ccncc3)NN2)CC1. The van der Waals surface area contributed by atoms with E-state index in [1.54, 1.807) is 12.4 Å². The van der Waals surface area contributed by atoms with Crippen LogP contribution in [-0.2, 0) is 11.3 Å². The number of carbonyl (C=O) groups is 1. The van der Waals surface area contributed by atoms with Crippen LogP contribution in [0.3, 0.4) is 0 Å². The molecule has 7 heteroatoms. The van der Waals surface area contributed by atoms with Gasteiger partial charge in [-0.3, -0.25) is 9.78 Å². The number of nitrogens with zero attached hydrogens (tertiary/aromatic N) is 3. The summed E-state index contributed by atoms with van der Waals surface area (Å²) >= 11 is 0. The summed E-state index contributed by atoms with van der Waals surface area (Å²) in [6.07, 6.45) is 10.4. The lowest BCUT2D eigenvalue weighted by molar-refractivity contribution is -0.123. The second kappa shape index (κ2) is 6.57. The third-order valence-corrected chi connectivity index (χ3v) is 5.35. The summed E-state index contributed by atoms with van der Waals surface area (Å²) in [4.78, 5) is 20.8. The number of hydrogen-bond acceptors (Lipinski definition) is 5. The maximum absolute atomic E-state index is 12.5. The molecule has 0 aromatic carbocycles. The highest BCUT2D eigenvalue weighted by molar-refractivity contribution is 5.82. The molecule has 1 aliphatic carbocycles. The lowest BCUT2D eigenvalue weighted by atomic mass is 10.0. The molecule has 2 aromatic heterocycles. The first-order valence-electron chi connectivity index (χ1n) is 8.82. The largest absolute Gasteiger partial charge is 0.354 e. The molecule has 4 rings (SSSR count). The molecule has 1 amide bonds. The van der Waals surface area contributed by atoms with Gasteiger partial charge in [0.2, 0.25) is 5.91 Å². The van der Waals surface area contributed by atoms with E-state index in [2.05, 4.69) is 30.7 Å². The fourth-order valence-corrected chi connectivity index (χ4v) is 3.44. The summed E-state index contributed by atoms with van der Waals surface area (Å²) in [5, 5.41) is 3.14. The highest BCUT2D eigenvalue weighted by Crippen LogP contribution is 2.46. The van der Waals surface area contributed by atoms with Crippen molar-refractivity contribution in [1.82, 2.24) is 30.7 Å². The monoisotopic (exact) mass is 340 g/mol. The van der Waals surface area contributed by atoms with Gasteiger partial charge in [0.1, 0.15) is 11.9 Å². The Labute approximate surface area is 147 Å². The van der Waals surface area contributed by atoms with Crippen molar-refractivity contribution in [2.75, 3.05) is 6.54 Å². The van der Waals surface area contributed by atoms with Crippen LogP contribution >= 0.6 is 0 Å². The minimum atomic E-state index is -0.205. The lowest BCUT2D eigenvalue weighted by Crippen LogP contribution is -2.45. The predicted octanol–water partition coefficient (Wildman–Crippen LogP) is 1.09. The van der Waals surface area contributed by atoms with Crippen LogP contribution in [0.2, 0.25) is 0 Å². The topological polar surface area (TPSA) is 83.9 Å². The van der Waals surface area contributed by atoms with Gasteiger partial charge in [0.25, 0.3) is 0 Å². The van der Waals surface area contributed by atoms with E-state index in [1.165, 1.54) is 0 Å². The Bertz CT molecular complexity index is 739. The van der Waals surface area contributed by atoms with E-state index in [1.807, 2.05) is 31.5 Å². The van der Waals surface area contributed by atoms with E-state index in [4.69, 9.17) is 0 Å². The first-order chi connectivity index (χ1) is 12.2. The van der Waals surface area contributed by atoms with Gasteiger partial charge < -0.3 is 9.88 Å². The number of imidazole rings is 1. The number of rotatable bonds is 6. The second-order valence-corrected chi connectivity index (χ2v) is 7.23. The zero-order chi connectivity index (χ0) is 17.3. The fraction of sp³-hybridized carbons (Fsp3) is 0.500. The molecule has 7 nitrogen and oxygen atoms in total. The normalized spacial score (nSPS) is 24.2. The van der Waals surface area contributed by atoms with Gasteiger partial charge in [0, 0.05) is 49.3 Å². The summed E-state index contributed by atoms with van der Waals surface area (Å²) in [7, 11) is 0. The average molecular weight is 340 g/mol. The summed E-state index contributed by atoms with van der Waals surface area (Å²) in [6.45, 7) is 3.67. The van der Waals surface area contributed by atoms with Gasteiger partial charge in [-0.1, -0.05) is 0 Å². The van der Waals surface area contributed by atoms with Gasteiger partial charge in [-0.05, 0) is 43.9 Å². The molecule has 25 heavy (non-hydrogen) atoms. The maximum Gasteiger partial charge on any atom is 0.238 e. The Hall–Kier alpha value is -2.25. The number of aryl methyl sites for hydroxylation is 1. The summed E-state index contributed by atoms with van der Waals surface area (Å²) in [5.74, 6) is 1.09. The molecule has 3 N–H and O–H groups in total. The molecule has 2 aliphatic rings. The molecule has 1 saturated carbocycles. The molecule has 0 bridgehead atoms. The van der Waals surface area contributed by atoms with E-state index in [-0.39, 0.29) is 23.4 Å². The highest BCUT2D eigenvalue weighted by atomic mass is 16.2. The van der Waals surface area contributed by atoms with Crippen molar-refractivity contribution in [2.24, 2.45) is 5.41 Å². The third kappa shape index (κ3) is 3.57. The molecule has 2 unspecified atom stereocenters. The maximum atomic E-state index is 12.5. The van der Waals surface area contributed by atoms with Crippen LogP contribution in [0.4, 0.5) is 0 Å². The summed E-state index contributed by atoms with van der Waals surface area (Å²) in [6, 6.07) is 3.89. The van der Waals surface area contributed by atoms with Crippen molar-refractivity contribution in [3.63, 3.8) is 0 Å². The summed E-state index contributed by atoms with van der Waals surface area (Å²) in [5.41, 5.74) is 7.67. The van der Waals surface area contributed by atoms with E-state index in [9.17, 15) is 4.79 Å². The number of hydrazine groups is 1. The number of pyridine rings is 1. The smallest absolute Gasteiger partial charge is 0.238 e. The number of carbonyl (C=O) groups excluding carboxylic acids is 1. The van der Waals surface area contributed by atoms with E-state index >= 15 is 0 Å². The van der Waals surface area contributed by atoms with Gasteiger partial charge in [-0.2, -0.15) is 0 Å². The minimum absolute atomic E-state index is 0.0673. The molecule has 0 spiro atoms. The Kier molecular flexibility index (Phi) is 4.27. The van der Waals surface area contributed by atoms with Crippen LogP contribution in [0.5, 0.6) is 0 Å². The van der Waals surface area contributed by atoms with Crippen LogP contribution in [0.25, 0.3) is 0 Å². The van der Waals surface area contributed by atoms with Gasteiger partial charge in [0.05, 0.1) is 0 Å². The molecule has 1 saturated heterocycles. The molecule has 132 valence electrons. The number of nitrogens with one attached hydrogen (secondary N) is 3. The van der Waals surface area contributed by atoms with E-state index in [0.717, 1.165) is 43.7 Å². The second-order valence-electron chi connectivity index (χ2n) is 7.23. The average Bonchev–Trinajstić information content (AvgIpc) is 3.03. The zero-order valence-corrected chi connectivity index (χ0v) is 14.4. The van der Waals surface area contributed by atoms with Crippen molar-refractivity contribution >= 4 is 5.91 Å². The van der Waals surface area contributed by atoms with Gasteiger partial charge in [0.15, 0.2) is 0 Å². The van der Waals surface area contributed by atoms with Crippen molar-refractivity contribution in [3.05, 3.63) is 48.3 Å². The Morgan fingerprint density at radius 2 is 2.12 bits per heavy atom. The molecule has 3 heterocycles. The Balaban J connectivity index is 1.29. The van der Waals surface area contributed by atoms with Gasteiger partial charge in [-0.15, -0.1) is 0 Å². The van der Waals surface area contributed by atoms with Crippen LogP contribution < -0.4 is 16.2 Å². The predicted molar refractivity (Wildman–Crippen MR) is 93.3 cm³/mol. The first kappa shape index (κ1) is 16.2. The molecule has 2 aromatic rings. The van der Waals surface area contributed by atoms with E-state index in [0.29, 0.717) is 0 Å².